The molecular formula is C14H19NO. The van der Waals surface area contributed by atoms with Gasteiger partial charge < -0.3 is 10.0 Å². The molecule has 0 atom stereocenters. The quantitative estimate of drug-likeness (QED) is 0.823. The molecule has 1 aliphatic rings. The van der Waals surface area contributed by atoms with Crippen molar-refractivity contribution in [2.75, 3.05) is 11.4 Å². The molecular weight excluding hydrogens is 198 g/mol. The topological polar surface area (TPSA) is 23.5 Å². The molecule has 0 saturated carbocycles. The number of aliphatic hydroxyl groups excluding tert-OH is 1. The number of allylic oxidation sites excluding steroid dienone is 1. The van der Waals surface area contributed by atoms with Crippen LogP contribution in [-0.2, 0) is 13.0 Å². The summed E-state index contributed by atoms with van der Waals surface area (Å²) in [5.41, 5.74) is 5.95. The van der Waals surface area contributed by atoms with Crippen LogP contribution in [0, 0.1) is 6.92 Å². The molecule has 0 aliphatic carbocycles. The van der Waals surface area contributed by atoms with E-state index in [0.717, 1.165) is 24.2 Å². The van der Waals surface area contributed by atoms with Gasteiger partial charge in [-0.3, -0.25) is 0 Å². The van der Waals surface area contributed by atoms with Crippen LogP contribution >= 0.6 is 0 Å². The summed E-state index contributed by atoms with van der Waals surface area (Å²) in [7, 11) is 0. The van der Waals surface area contributed by atoms with Crippen LogP contribution < -0.4 is 4.90 Å². The molecule has 0 saturated heterocycles. The molecule has 1 heterocycles. The van der Waals surface area contributed by atoms with Crippen molar-refractivity contribution in [3.8, 4) is 0 Å². The average Bonchev–Trinajstić information content (AvgIpc) is 2.29. The number of hydrogen-bond donors (Lipinski definition) is 1. The summed E-state index contributed by atoms with van der Waals surface area (Å²) < 4.78 is 0. The summed E-state index contributed by atoms with van der Waals surface area (Å²) in [6, 6.07) is 4.18. The van der Waals surface area contributed by atoms with Gasteiger partial charge in [0, 0.05) is 17.9 Å². The zero-order valence-electron chi connectivity index (χ0n) is 10.1. The Morgan fingerprint density at radius 3 is 2.88 bits per heavy atom. The first-order chi connectivity index (χ1) is 7.65. The van der Waals surface area contributed by atoms with E-state index in [0.29, 0.717) is 0 Å². The standard InChI is InChI=1S/C14H19NO/c1-10(2)15-8-4-5-12-6-7-13(9-16)11(3)14(12)15/h6-7,16H,1,4-5,8-9H2,2-3H3. The zero-order chi connectivity index (χ0) is 11.7. The highest BCUT2D eigenvalue weighted by Crippen LogP contribution is 2.34. The Labute approximate surface area is 97.2 Å². The lowest BCUT2D eigenvalue weighted by Gasteiger charge is -2.33. The Bertz CT molecular complexity index is 423. The third-order valence-electron chi connectivity index (χ3n) is 3.36. The van der Waals surface area contributed by atoms with Crippen molar-refractivity contribution in [3.05, 3.63) is 41.1 Å². The first-order valence-corrected chi connectivity index (χ1v) is 5.80. The first kappa shape index (κ1) is 11.2. The van der Waals surface area contributed by atoms with Crippen molar-refractivity contribution in [1.82, 2.24) is 0 Å². The van der Waals surface area contributed by atoms with Gasteiger partial charge in [0.2, 0.25) is 0 Å². The molecule has 1 N–H and O–H groups in total. The molecule has 0 aromatic heterocycles. The Balaban J connectivity index is 2.56. The number of anilines is 1. The molecule has 0 spiro atoms. The minimum Gasteiger partial charge on any atom is -0.392 e. The van der Waals surface area contributed by atoms with Gasteiger partial charge in [0.1, 0.15) is 0 Å². The predicted octanol–water partition coefficient (Wildman–Crippen LogP) is 2.77. The van der Waals surface area contributed by atoms with Gasteiger partial charge >= 0.3 is 0 Å². The molecule has 0 fully saturated rings. The molecule has 2 nitrogen and oxygen atoms in total. The molecule has 0 amide bonds. The van der Waals surface area contributed by atoms with Crippen LogP contribution in [-0.4, -0.2) is 11.7 Å². The summed E-state index contributed by atoms with van der Waals surface area (Å²) in [6.07, 6.45) is 2.31. The summed E-state index contributed by atoms with van der Waals surface area (Å²) >= 11 is 0. The van der Waals surface area contributed by atoms with Crippen molar-refractivity contribution >= 4 is 5.69 Å². The molecule has 2 heteroatoms. The molecule has 0 radical (unpaired) electrons. The molecule has 16 heavy (non-hydrogen) atoms. The summed E-state index contributed by atoms with van der Waals surface area (Å²) in [5, 5.41) is 9.30. The van der Waals surface area contributed by atoms with Crippen LogP contribution in [0.4, 0.5) is 5.69 Å². The lowest BCUT2D eigenvalue weighted by Crippen LogP contribution is -2.28. The second kappa shape index (κ2) is 4.30. The van der Waals surface area contributed by atoms with Gasteiger partial charge in [0.25, 0.3) is 0 Å². The Hall–Kier alpha value is -1.28. The summed E-state index contributed by atoms with van der Waals surface area (Å²) in [4.78, 5) is 2.27. The molecule has 86 valence electrons. The number of hydrogen-bond acceptors (Lipinski definition) is 2. The highest BCUT2D eigenvalue weighted by atomic mass is 16.3. The SMILES string of the molecule is C=C(C)N1CCCc2ccc(CO)c(C)c21. The highest BCUT2D eigenvalue weighted by molar-refractivity contribution is 5.65. The van der Waals surface area contributed by atoms with Gasteiger partial charge in [-0.25, -0.2) is 0 Å². The van der Waals surface area contributed by atoms with Crippen LogP contribution in [0.25, 0.3) is 0 Å². The fourth-order valence-corrected chi connectivity index (χ4v) is 2.47. The first-order valence-electron chi connectivity index (χ1n) is 5.80. The minimum absolute atomic E-state index is 0.114. The number of fused-ring (bicyclic) bond motifs is 1. The molecule has 1 aliphatic heterocycles. The van der Waals surface area contributed by atoms with Crippen molar-refractivity contribution in [2.45, 2.75) is 33.3 Å². The van der Waals surface area contributed by atoms with E-state index < -0.39 is 0 Å². The molecule has 1 aromatic rings. The van der Waals surface area contributed by atoms with E-state index >= 15 is 0 Å². The van der Waals surface area contributed by atoms with Crippen LogP contribution in [0.2, 0.25) is 0 Å². The van der Waals surface area contributed by atoms with E-state index in [9.17, 15) is 5.11 Å². The van der Waals surface area contributed by atoms with Gasteiger partial charge in [-0.15, -0.1) is 0 Å². The number of benzene rings is 1. The van der Waals surface area contributed by atoms with E-state index in [1.54, 1.807) is 0 Å². The Morgan fingerprint density at radius 2 is 2.25 bits per heavy atom. The van der Waals surface area contributed by atoms with E-state index in [-0.39, 0.29) is 6.61 Å². The smallest absolute Gasteiger partial charge is 0.0685 e. The average molecular weight is 217 g/mol. The molecule has 2 rings (SSSR count). The van der Waals surface area contributed by atoms with E-state index in [1.807, 2.05) is 13.0 Å². The number of aryl methyl sites for hydroxylation is 1. The maximum absolute atomic E-state index is 9.30. The third kappa shape index (κ3) is 1.74. The monoisotopic (exact) mass is 217 g/mol. The Morgan fingerprint density at radius 1 is 1.50 bits per heavy atom. The van der Waals surface area contributed by atoms with Crippen molar-refractivity contribution in [2.24, 2.45) is 0 Å². The second-order valence-electron chi connectivity index (χ2n) is 4.51. The normalized spacial score (nSPS) is 14.8. The fraction of sp³-hybridized carbons (Fsp3) is 0.429. The fourth-order valence-electron chi connectivity index (χ4n) is 2.47. The lowest BCUT2D eigenvalue weighted by atomic mass is 9.94. The maximum Gasteiger partial charge on any atom is 0.0685 e. The van der Waals surface area contributed by atoms with Gasteiger partial charge in [0.15, 0.2) is 0 Å². The number of nitrogens with zero attached hydrogens (tertiary/aromatic N) is 1. The van der Waals surface area contributed by atoms with E-state index in [4.69, 9.17) is 0 Å². The van der Waals surface area contributed by atoms with Crippen LogP contribution in [0.1, 0.15) is 30.0 Å². The van der Waals surface area contributed by atoms with Gasteiger partial charge in [-0.2, -0.15) is 0 Å². The summed E-state index contributed by atoms with van der Waals surface area (Å²) in [6.45, 7) is 9.32. The molecule has 0 bridgehead atoms. The van der Waals surface area contributed by atoms with Crippen LogP contribution in [0.3, 0.4) is 0 Å². The number of rotatable bonds is 2. The van der Waals surface area contributed by atoms with Gasteiger partial charge in [-0.1, -0.05) is 18.7 Å². The molecule has 1 aromatic carbocycles. The maximum atomic E-state index is 9.30. The van der Waals surface area contributed by atoms with Gasteiger partial charge in [0.05, 0.1) is 6.61 Å². The second-order valence-corrected chi connectivity index (χ2v) is 4.51. The zero-order valence-corrected chi connectivity index (χ0v) is 10.1. The Kier molecular flexibility index (Phi) is 3.01. The minimum atomic E-state index is 0.114. The van der Waals surface area contributed by atoms with E-state index in [1.165, 1.54) is 23.2 Å². The van der Waals surface area contributed by atoms with Gasteiger partial charge in [-0.05, 0) is 43.4 Å². The van der Waals surface area contributed by atoms with Crippen molar-refractivity contribution < 1.29 is 5.11 Å². The number of aliphatic hydroxyl groups is 1. The van der Waals surface area contributed by atoms with Crippen molar-refractivity contribution in [1.29, 1.82) is 0 Å². The third-order valence-corrected chi connectivity index (χ3v) is 3.36. The van der Waals surface area contributed by atoms with E-state index in [2.05, 4.69) is 24.5 Å². The van der Waals surface area contributed by atoms with Crippen LogP contribution in [0.15, 0.2) is 24.4 Å². The predicted molar refractivity (Wildman–Crippen MR) is 67.6 cm³/mol. The van der Waals surface area contributed by atoms with Crippen LogP contribution in [0.5, 0.6) is 0 Å². The molecule has 0 unspecified atom stereocenters. The lowest BCUT2D eigenvalue weighted by molar-refractivity contribution is 0.281. The summed E-state index contributed by atoms with van der Waals surface area (Å²) in [5.74, 6) is 0. The highest BCUT2D eigenvalue weighted by Gasteiger charge is 2.20. The largest absolute Gasteiger partial charge is 0.392 e. The van der Waals surface area contributed by atoms with Crippen molar-refractivity contribution in [3.63, 3.8) is 0 Å².